The predicted molar refractivity (Wildman–Crippen MR) is 55.4 cm³/mol. The van der Waals surface area contributed by atoms with Crippen LogP contribution in [-0.2, 0) is 9.47 Å². The molecule has 98 valence electrons. The van der Waals surface area contributed by atoms with Gasteiger partial charge in [-0.15, -0.1) is 0 Å². The maximum atomic E-state index is 11.7. The summed E-state index contributed by atoms with van der Waals surface area (Å²) in [7, 11) is 1.62. The number of hydrogen-bond acceptors (Lipinski definition) is 3. The minimum Gasteiger partial charge on any atom is -0.380 e. The lowest BCUT2D eigenvalue weighted by molar-refractivity contribution is -0.125. The molecule has 0 spiro atoms. The zero-order valence-corrected chi connectivity index (χ0v) is 9.99. The van der Waals surface area contributed by atoms with Crippen molar-refractivity contribution in [2.24, 2.45) is 0 Å². The van der Waals surface area contributed by atoms with E-state index in [2.05, 4.69) is 5.32 Å². The molecule has 0 aliphatic heterocycles. The first kappa shape index (κ1) is 15.7. The molecule has 0 aliphatic rings. The van der Waals surface area contributed by atoms with Gasteiger partial charge in [0.2, 0.25) is 0 Å². The number of halogens is 3. The third kappa shape index (κ3) is 10.2. The Hall–Kier alpha value is -0.330. The quantitative estimate of drug-likeness (QED) is 0.661. The SMILES string of the molecule is COC(C)(C)CCOCCNCC(F)(F)F. The molecule has 0 saturated heterocycles. The monoisotopic (exact) mass is 243 g/mol. The highest BCUT2D eigenvalue weighted by Gasteiger charge is 2.25. The average molecular weight is 243 g/mol. The lowest BCUT2D eigenvalue weighted by Crippen LogP contribution is -2.31. The molecule has 0 saturated carbocycles. The Balaban J connectivity index is 3.29. The van der Waals surface area contributed by atoms with Crippen molar-refractivity contribution in [2.75, 3.05) is 33.4 Å². The summed E-state index contributed by atoms with van der Waals surface area (Å²) in [5.74, 6) is 0. The summed E-state index contributed by atoms with van der Waals surface area (Å²) in [5.41, 5.74) is -0.251. The highest BCUT2D eigenvalue weighted by molar-refractivity contribution is 4.66. The molecule has 0 rings (SSSR count). The van der Waals surface area contributed by atoms with Gasteiger partial charge in [0.1, 0.15) is 0 Å². The molecular weight excluding hydrogens is 223 g/mol. The van der Waals surface area contributed by atoms with E-state index >= 15 is 0 Å². The van der Waals surface area contributed by atoms with E-state index in [1.54, 1.807) is 7.11 Å². The molecule has 0 radical (unpaired) electrons. The topological polar surface area (TPSA) is 30.5 Å². The van der Waals surface area contributed by atoms with Crippen LogP contribution in [-0.4, -0.2) is 45.2 Å². The normalized spacial score (nSPS) is 13.1. The van der Waals surface area contributed by atoms with Gasteiger partial charge in [0.15, 0.2) is 0 Å². The summed E-state index contributed by atoms with van der Waals surface area (Å²) >= 11 is 0. The third-order valence-electron chi connectivity index (χ3n) is 2.15. The second-order valence-corrected chi connectivity index (χ2v) is 4.12. The van der Waals surface area contributed by atoms with Crippen LogP contribution in [0.25, 0.3) is 0 Å². The zero-order valence-electron chi connectivity index (χ0n) is 9.99. The van der Waals surface area contributed by atoms with Gasteiger partial charge >= 0.3 is 6.18 Å². The van der Waals surface area contributed by atoms with E-state index in [0.717, 1.165) is 0 Å². The van der Waals surface area contributed by atoms with Crippen LogP contribution in [0.3, 0.4) is 0 Å². The van der Waals surface area contributed by atoms with Crippen LogP contribution in [0.2, 0.25) is 0 Å². The lowest BCUT2D eigenvalue weighted by Gasteiger charge is -2.22. The highest BCUT2D eigenvalue weighted by Crippen LogP contribution is 2.13. The zero-order chi connectivity index (χ0) is 12.7. The smallest absolute Gasteiger partial charge is 0.380 e. The lowest BCUT2D eigenvalue weighted by atomic mass is 10.1. The Morgan fingerprint density at radius 2 is 1.75 bits per heavy atom. The van der Waals surface area contributed by atoms with E-state index in [1.807, 2.05) is 13.8 Å². The van der Waals surface area contributed by atoms with Gasteiger partial charge in [0.05, 0.1) is 18.8 Å². The van der Waals surface area contributed by atoms with Gasteiger partial charge in [-0.05, 0) is 20.3 Å². The maximum Gasteiger partial charge on any atom is 0.401 e. The van der Waals surface area contributed by atoms with Crippen molar-refractivity contribution in [3.63, 3.8) is 0 Å². The molecule has 0 aliphatic carbocycles. The van der Waals surface area contributed by atoms with Crippen LogP contribution in [0, 0.1) is 0 Å². The van der Waals surface area contributed by atoms with Gasteiger partial charge in [-0.3, -0.25) is 0 Å². The average Bonchev–Trinajstić information content (AvgIpc) is 2.14. The van der Waals surface area contributed by atoms with Gasteiger partial charge in [-0.25, -0.2) is 0 Å². The molecule has 0 unspecified atom stereocenters. The van der Waals surface area contributed by atoms with Gasteiger partial charge in [-0.2, -0.15) is 13.2 Å². The molecule has 0 atom stereocenters. The minimum absolute atomic E-state index is 0.201. The summed E-state index contributed by atoms with van der Waals surface area (Å²) < 4.78 is 45.5. The van der Waals surface area contributed by atoms with Gasteiger partial charge in [0.25, 0.3) is 0 Å². The Morgan fingerprint density at radius 3 is 2.25 bits per heavy atom. The number of hydrogen-bond donors (Lipinski definition) is 1. The maximum absolute atomic E-state index is 11.7. The van der Waals surface area contributed by atoms with Crippen molar-refractivity contribution in [3.05, 3.63) is 0 Å². The Labute approximate surface area is 94.3 Å². The van der Waals surface area contributed by atoms with Crippen LogP contribution < -0.4 is 5.32 Å². The first-order valence-electron chi connectivity index (χ1n) is 5.17. The van der Waals surface area contributed by atoms with Crippen molar-refractivity contribution >= 4 is 0 Å². The predicted octanol–water partition coefficient (Wildman–Crippen LogP) is 1.97. The van der Waals surface area contributed by atoms with Crippen molar-refractivity contribution in [3.8, 4) is 0 Å². The fourth-order valence-corrected chi connectivity index (χ4v) is 0.897. The number of rotatable bonds is 8. The largest absolute Gasteiger partial charge is 0.401 e. The van der Waals surface area contributed by atoms with Gasteiger partial charge < -0.3 is 14.8 Å². The number of alkyl halides is 3. The summed E-state index contributed by atoms with van der Waals surface area (Å²) in [6.07, 6.45) is -3.44. The van der Waals surface area contributed by atoms with Crippen LogP contribution in [0.4, 0.5) is 13.2 Å². The molecular formula is C10H20F3NO2. The molecule has 0 amide bonds. The van der Waals surface area contributed by atoms with E-state index in [4.69, 9.17) is 9.47 Å². The summed E-state index contributed by atoms with van der Waals surface area (Å²) in [4.78, 5) is 0. The first-order valence-corrected chi connectivity index (χ1v) is 5.17. The fraction of sp³-hybridized carbons (Fsp3) is 1.00. The van der Waals surface area contributed by atoms with Gasteiger partial charge in [0, 0.05) is 20.3 Å². The van der Waals surface area contributed by atoms with E-state index in [0.29, 0.717) is 13.0 Å². The van der Waals surface area contributed by atoms with Crippen molar-refractivity contribution in [1.82, 2.24) is 5.32 Å². The van der Waals surface area contributed by atoms with E-state index in [-0.39, 0.29) is 18.8 Å². The van der Waals surface area contributed by atoms with E-state index < -0.39 is 12.7 Å². The first-order chi connectivity index (χ1) is 7.27. The number of methoxy groups -OCH3 is 1. The molecule has 0 fully saturated rings. The summed E-state index contributed by atoms with van der Waals surface area (Å²) in [6.45, 7) is 3.84. The van der Waals surface area contributed by atoms with Crippen molar-refractivity contribution in [2.45, 2.75) is 32.0 Å². The molecule has 0 bridgehead atoms. The van der Waals surface area contributed by atoms with Crippen molar-refractivity contribution in [1.29, 1.82) is 0 Å². The minimum atomic E-state index is -4.15. The summed E-state index contributed by atoms with van der Waals surface area (Å²) in [5, 5.41) is 2.26. The Morgan fingerprint density at radius 1 is 1.12 bits per heavy atom. The molecule has 3 nitrogen and oxygen atoms in total. The van der Waals surface area contributed by atoms with E-state index in [9.17, 15) is 13.2 Å². The highest BCUT2D eigenvalue weighted by atomic mass is 19.4. The third-order valence-corrected chi connectivity index (χ3v) is 2.15. The van der Waals surface area contributed by atoms with E-state index in [1.165, 1.54) is 0 Å². The summed E-state index contributed by atoms with van der Waals surface area (Å²) in [6, 6.07) is 0. The Bertz CT molecular complexity index is 183. The molecule has 0 aromatic rings. The van der Waals surface area contributed by atoms with Crippen LogP contribution in [0.5, 0.6) is 0 Å². The van der Waals surface area contributed by atoms with Gasteiger partial charge in [-0.1, -0.05) is 0 Å². The second-order valence-electron chi connectivity index (χ2n) is 4.12. The Kier molecular flexibility index (Phi) is 6.94. The number of nitrogens with one attached hydrogen (secondary N) is 1. The molecule has 6 heteroatoms. The fourth-order valence-electron chi connectivity index (χ4n) is 0.897. The molecule has 0 aromatic carbocycles. The second kappa shape index (κ2) is 7.09. The van der Waals surface area contributed by atoms with Crippen LogP contribution in [0.1, 0.15) is 20.3 Å². The number of ether oxygens (including phenoxy) is 2. The van der Waals surface area contributed by atoms with Crippen LogP contribution in [0.15, 0.2) is 0 Å². The molecule has 0 heterocycles. The van der Waals surface area contributed by atoms with Crippen molar-refractivity contribution < 1.29 is 22.6 Å². The molecule has 0 aromatic heterocycles. The molecule has 1 N–H and O–H groups in total. The standard InChI is InChI=1S/C10H20F3NO2/c1-9(2,15-3)4-6-16-7-5-14-8-10(11,12)13/h14H,4-8H2,1-3H3. The molecule has 16 heavy (non-hydrogen) atoms. The van der Waals surface area contributed by atoms with Crippen LogP contribution >= 0.6 is 0 Å².